The van der Waals surface area contributed by atoms with Crippen molar-refractivity contribution in [1.29, 1.82) is 0 Å². The zero-order chi connectivity index (χ0) is 21.3. The number of rotatable bonds is 5. The number of carbonyl (C=O) groups excluding carboxylic acids is 1. The maximum atomic E-state index is 11.3. The molecule has 0 spiro atoms. The summed E-state index contributed by atoms with van der Waals surface area (Å²) in [6, 6.07) is 14.6. The number of likely N-dealkylation sites (tertiary alicyclic amines) is 1. The number of esters is 1. The lowest BCUT2D eigenvalue weighted by atomic mass is 9.90. The van der Waals surface area contributed by atoms with Crippen molar-refractivity contribution in [3.8, 4) is 0 Å². The molecule has 4 nitrogen and oxygen atoms in total. The molecular weight excluding hydrogens is 419 g/mol. The number of halogens is 2. The number of nitrogens with zero attached hydrogens (tertiary/aromatic N) is 2. The van der Waals surface area contributed by atoms with Crippen LogP contribution in [0.15, 0.2) is 42.5 Å². The Labute approximate surface area is 188 Å². The van der Waals surface area contributed by atoms with Gasteiger partial charge in [-0.3, -0.25) is 9.69 Å². The van der Waals surface area contributed by atoms with Crippen LogP contribution in [0, 0.1) is 0 Å². The van der Waals surface area contributed by atoms with Gasteiger partial charge < -0.3 is 9.64 Å². The highest BCUT2D eigenvalue weighted by molar-refractivity contribution is 6.39. The van der Waals surface area contributed by atoms with Crippen molar-refractivity contribution in [1.82, 2.24) is 4.90 Å². The third-order valence-corrected chi connectivity index (χ3v) is 6.91. The average Bonchev–Trinajstić information content (AvgIpc) is 2.65. The molecule has 2 fully saturated rings. The van der Waals surface area contributed by atoms with Crippen LogP contribution in [-0.2, 0) is 16.1 Å². The predicted octanol–water partition coefficient (Wildman–Crippen LogP) is 5.51. The first-order chi connectivity index (χ1) is 14.3. The maximum absolute atomic E-state index is 11.3. The van der Waals surface area contributed by atoms with Crippen molar-refractivity contribution in [2.24, 2.45) is 0 Å². The molecule has 0 amide bonds. The standard InChI is InChI=1S/C24H28Cl2N2O2/c1-17(29)30-24(2)10-12-27(13-11-24)14-18-6-8-19(9-7-18)20-15-28(16-20)23-21(25)4-3-5-22(23)26/h3-9,20H,10-16H2,1-2H3. The predicted molar refractivity (Wildman–Crippen MR) is 123 cm³/mol. The molecular formula is C24H28Cl2N2O2. The average molecular weight is 447 g/mol. The number of carbonyl (C=O) groups is 1. The van der Waals surface area contributed by atoms with Gasteiger partial charge in [-0.05, 0) is 43.0 Å². The Hall–Kier alpha value is -1.75. The molecule has 2 aromatic rings. The second kappa shape index (κ2) is 8.78. The lowest BCUT2D eigenvalue weighted by Gasteiger charge is -2.42. The van der Waals surface area contributed by atoms with Crippen LogP contribution in [0.5, 0.6) is 0 Å². The highest BCUT2D eigenvalue weighted by Gasteiger charge is 2.33. The van der Waals surface area contributed by atoms with Gasteiger partial charge in [-0.15, -0.1) is 0 Å². The zero-order valence-corrected chi connectivity index (χ0v) is 19.0. The topological polar surface area (TPSA) is 32.8 Å². The Morgan fingerprint density at radius 1 is 1.07 bits per heavy atom. The Kier molecular flexibility index (Phi) is 6.29. The molecule has 0 aliphatic carbocycles. The highest BCUT2D eigenvalue weighted by Crippen LogP contribution is 2.40. The summed E-state index contributed by atoms with van der Waals surface area (Å²) in [5.74, 6) is 0.318. The molecule has 30 heavy (non-hydrogen) atoms. The third kappa shape index (κ3) is 4.77. The van der Waals surface area contributed by atoms with Crippen molar-refractivity contribution in [3.05, 3.63) is 63.6 Å². The van der Waals surface area contributed by atoms with Crippen LogP contribution in [0.3, 0.4) is 0 Å². The fourth-order valence-electron chi connectivity index (χ4n) is 4.45. The van der Waals surface area contributed by atoms with Gasteiger partial charge in [-0.2, -0.15) is 0 Å². The summed E-state index contributed by atoms with van der Waals surface area (Å²) in [6.07, 6.45) is 1.76. The molecule has 4 rings (SSSR count). The lowest BCUT2D eigenvalue weighted by molar-refractivity contribution is -0.159. The van der Waals surface area contributed by atoms with E-state index >= 15 is 0 Å². The minimum atomic E-state index is -0.313. The summed E-state index contributed by atoms with van der Waals surface area (Å²) in [5, 5.41) is 1.42. The minimum Gasteiger partial charge on any atom is -0.459 e. The van der Waals surface area contributed by atoms with Crippen LogP contribution in [0.25, 0.3) is 0 Å². The molecule has 160 valence electrons. The second-order valence-electron chi connectivity index (χ2n) is 8.73. The van der Waals surface area contributed by atoms with Crippen molar-refractivity contribution >= 4 is 34.9 Å². The van der Waals surface area contributed by atoms with E-state index in [1.54, 1.807) is 0 Å². The summed E-state index contributed by atoms with van der Waals surface area (Å²) in [6.45, 7) is 8.22. The monoisotopic (exact) mass is 446 g/mol. The SMILES string of the molecule is CC(=O)OC1(C)CCN(Cc2ccc(C3CN(c4c(Cl)cccc4Cl)C3)cc2)CC1. The molecule has 2 aromatic carbocycles. The van der Waals surface area contributed by atoms with Gasteiger partial charge in [-0.25, -0.2) is 0 Å². The largest absolute Gasteiger partial charge is 0.459 e. The molecule has 2 aliphatic heterocycles. The van der Waals surface area contributed by atoms with E-state index in [0.717, 1.165) is 51.3 Å². The van der Waals surface area contributed by atoms with Gasteiger partial charge in [0, 0.05) is 45.6 Å². The maximum Gasteiger partial charge on any atom is 0.303 e. The Balaban J connectivity index is 1.29. The van der Waals surface area contributed by atoms with Gasteiger partial charge in [0.2, 0.25) is 0 Å². The molecule has 6 heteroatoms. The van der Waals surface area contributed by atoms with Gasteiger partial charge in [0.05, 0.1) is 15.7 Å². The quantitative estimate of drug-likeness (QED) is 0.566. The van der Waals surface area contributed by atoms with Crippen LogP contribution in [0.4, 0.5) is 5.69 Å². The molecule has 2 aliphatic rings. The van der Waals surface area contributed by atoms with E-state index in [4.69, 9.17) is 27.9 Å². The normalized spacial score (nSPS) is 19.4. The Bertz CT molecular complexity index is 882. The number of ether oxygens (including phenoxy) is 1. The first-order valence-corrected chi connectivity index (χ1v) is 11.3. The van der Waals surface area contributed by atoms with E-state index in [2.05, 4.69) is 34.1 Å². The summed E-state index contributed by atoms with van der Waals surface area (Å²) in [5.41, 5.74) is 3.31. The zero-order valence-electron chi connectivity index (χ0n) is 17.5. The fraction of sp³-hybridized carbons (Fsp3) is 0.458. The molecule has 0 radical (unpaired) electrons. The smallest absolute Gasteiger partial charge is 0.303 e. The number of hydrogen-bond donors (Lipinski definition) is 0. The van der Waals surface area contributed by atoms with Gasteiger partial charge in [0.1, 0.15) is 5.60 Å². The molecule has 0 aromatic heterocycles. The van der Waals surface area contributed by atoms with Gasteiger partial charge in [-0.1, -0.05) is 53.5 Å². The molecule has 2 saturated heterocycles. The van der Waals surface area contributed by atoms with E-state index in [-0.39, 0.29) is 11.6 Å². The number of para-hydroxylation sites is 1. The fourth-order valence-corrected chi connectivity index (χ4v) is 5.09. The van der Waals surface area contributed by atoms with Gasteiger partial charge in [0.25, 0.3) is 0 Å². The number of benzene rings is 2. The van der Waals surface area contributed by atoms with E-state index in [1.165, 1.54) is 18.1 Å². The van der Waals surface area contributed by atoms with E-state index in [0.29, 0.717) is 16.0 Å². The summed E-state index contributed by atoms with van der Waals surface area (Å²) in [4.78, 5) is 16.0. The first kappa shape index (κ1) is 21.5. The van der Waals surface area contributed by atoms with E-state index < -0.39 is 0 Å². The molecule has 0 unspecified atom stereocenters. The lowest BCUT2D eigenvalue weighted by Crippen LogP contribution is -2.45. The molecule has 0 atom stereocenters. The van der Waals surface area contributed by atoms with E-state index in [1.807, 2.05) is 25.1 Å². The number of piperidine rings is 1. The van der Waals surface area contributed by atoms with Crippen molar-refractivity contribution in [3.63, 3.8) is 0 Å². The van der Waals surface area contributed by atoms with E-state index in [9.17, 15) is 4.79 Å². The first-order valence-electron chi connectivity index (χ1n) is 10.5. The molecule has 0 bridgehead atoms. The van der Waals surface area contributed by atoms with Crippen LogP contribution < -0.4 is 4.90 Å². The van der Waals surface area contributed by atoms with Gasteiger partial charge >= 0.3 is 5.97 Å². The summed E-state index contributed by atoms with van der Waals surface area (Å²) >= 11 is 12.7. The molecule has 0 N–H and O–H groups in total. The molecule has 2 heterocycles. The molecule has 0 saturated carbocycles. The highest BCUT2D eigenvalue weighted by atomic mass is 35.5. The van der Waals surface area contributed by atoms with Crippen molar-refractivity contribution < 1.29 is 9.53 Å². The van der Waals surface area contributed by atoms with Crippen LogP contribution in [0.2, 0.25) is 10.0 Å². The van der Waals surface area contributed by atoms with Crippen LogP contribution in [-0.4, -0.2) is 42.6 Å². The number of anilines is 1. The minimum absolute atomic E-state index is 0.187. The Morgan fingerprint density at radius 2 is 1.67 bits per heavy atom. The van der Waals surface area contributed by atoms with Crippen molar-refractivity contribution in [2.45, 2.75) is 44.8 Å². The van der Waals surface area contributed by atoms with Crippen molar-refractivity contribution in [2.75, 3.05) is 31.1 Å². The summed E-state index contributed by atoms with van der Waals surface area (Å²) < 4.78 is 5.51. The second-order valence-corrected chi connectivity index (χ2v) is 9.55. The van der Waals surface area contributed by atoms with Gasteiger partial charge in [0.15, 0.2) is 0 Å². The summed E-state index contributed by atoms with van der Waals surface area (Å²) in [7, 11) is 0. The van der Waals surface area contributed by atoms with Crippen LogP contribution >= 0.6 is 23.2 Å². The number of hydrogen-bond acceptors (Lipinski definition) is 4. The third-order valence-electron chi connectivity index (χ3n) is 6.30. The van der Waals surface area contributed by atoms with Crippen LogP contribution in [0.1, 0.15) is 43.7 Å². The Morgan fingerprint density at radius 3 is 2.23 bits per heavy atom.